The van der Waals surface area contributed by atoms with Crippen molar-refractivity contribution < 1.29 is 17.9 Å². The zero-order valence-corrected chi connectivity index (χ0v) is 12.7. The second-order valence-electron chi connectivity index (χ2n) is 5.18. The predicted molar refractivity (Wildman–Crippen MR) is 80.0 cm³/mol. The van der Waals surface area contributed by atoms with E-state index in [1.54, 1.807) is 12.1 Å². The van der Waals surface area contributed by atoms with E-state index in [0.29, 0.717) is 10.8 Å². The molecule has 1 aromatic heterocycles. The second-order valence-corrected chi connectivity index (χ2v) is 5.62. The molecule has 2 aromatic rings. The van der Waals surface area contributed by atoms with E-state index in [4.69, 9.17) is 16.3 Å². The van der Waals surface area contributed by atoms with Crippen LogP contribution in [0.25, 0.3) is 0 Å². The van der Waals surface area contributed by atoms with Crippen molar-refractivity contribution in [2.75, 3.05) is 18.0 Å². The number of hydrogen-bond acceptors (Lipinski definition) is 4. The highest BCUT2D eigenvalue weighted by molar-refractivity contribution is 6.31. The first kappa shape index (κ1) is 15.9. The van der Waals surface area contributed by atoms with E-state index in [0.717, 1.165) is 44.0 Å². The zero-order valence-electron chi connectivity index (χ0n) is 12.0. The van der Waals surface area contributed by atoms with Gasteiger partial charge < -0.3 is 9.64 Å². The normalized spacial score (nSPS) is 15.0. The third-order valence-corrected chi connectivity index (χ3v) is 3.66. The SMILES string of the molecule is FC(F)(F)c1ncc(Oc2cc(Cl)cc(N3CCCC3)c2)cn1. The molecule has 1 aliphatic heterocycles. The monoisotopic (exact) mass is 343 g/mol. The lowest BCUT2D eigenvalue weighted by atomic mass is 10.2. The number of aromatic nitrogens is 2. The van der Waals surface area contributed by atoms with Gasteiger partial charge in [0.25, 0.3) is 0 Å². The molecule has 2 heterocycles. The van der Waals surface area contributed by atoms with E-state index < -0.39 is 12.0 Å². The highest BCUT2D eigenvalue weighted by atomic mass is 35.5. The van der Waals surface area contributed by atoms with Crippen LogP contribution >= 0.6 is 11.6 Å². The van der Waals surface area contributed by atoms with Gasteiger partial charge in [-0.05, 0) is 25.0 Å². The Kier molecular flexibility index (Phi) is 4.30. The molecule has 1 fully saturated rings. The fourth-order valence-electron chi connectivity index (χ4n) is 2.42. The summed E-state index contributed by atoms with van der Waals surface area (Å²) in [5.74, 6) is -0.649. The van der Waals surface area contributed by atoms with Crippen LogP contribution in [0.5, 0.6) is 11.5 Å². The molecule has 0 radical (unpaired) electrons. The highest BCUT2D eigenvalue weighted by Gasteiger charge is 2.34. The molecule has 0 N–H and O–H groups in total. The van der Waals surface area contributed by atoms with Gasteiger partial charge in [-0.2, -0.15) is 13.2 Å². The van der Waals surface area contributed by atoms with Gasteiger partial charge in [0.05, 0.1) is 12.4 Å². The first-order valence-electron chi connectivity index (χ1n) is 7.04. The summed E-state index contributed by atoms with van der Waals surface area (Å²) in [6, 6.07) is 5.23. The number of nitrogens with zero attached hydrogens (tertiary/aromatic N) is 3. The van der Waals surface area contributed by atoms with Crippen LogP contribution in [0.2, 0.25) is 5.02 Å². The molecule has 0 saturated carbocycles. The topological polar surface area (TPSA) is 38.2 Å². The fourth-order valence-corrected chi connectivity index (χ4v) is 2.64. The molecule has 0 unspecified atom stereocenters. The van der Waals surface area contributed by atoms with E-state index in [9.17, 15) is 13.2 Å². The molecule has 23 heavy (non-hydrogen) atoms. The van der Waals surface area contributed by atoms with Crippen LogP contribution in [0, 0.1) is 0 Å². The zero-order chi connectivity index (χ0) is 16.4. The number of hydrogen-bond donors (Lipinski definition) is 0. The molecule has 0 aliphatic carbocycles. The molecule has 0 bridgehead atoms. The Morgan fingerprint density at radius 3 is 2.26 bits per heavy atom. The van der Waals surface area contributed by atoms with Gasteiger partial charge in [-0.3, -0.25) is 0 Å². The molecular weight excluding hydrogens is 331 g/mol. The molecule has 0 amide bonds. The third kappa shape index (κ3) is 3.85. The number of rotatable bonds is 3. The minimum atomic E-state index is -4.57. The standard InChI is InChI=1S/C15H13ClF3N3O/c16-10-5-11(22-3-1-2-4-22)7-12(6-10)23-13-8-20-14(21-9-13)15(17,18)19/h5-9H,1-4H2. The molecule has 0 atom stereocenters. The second kappa shape index (κ2) is 6.23. The predicted octanol–water partition coefficient (Wildman–Crippen LogP) is 4.54. The Balaban J connectivity index is 1.79. The average Bonchev–Trinajstić information content (AvgIpc) is 3.00. The summed E-state index contributed by atoms with van der Waals surface area (Å²) in [4.78, 5) is 8.71. The van der Waals surface area contributed by atoms with Crippen molar-refractivity contribution >= 4 is 17.3 Å². The summed E-state index contributed by atoms with van der Waals surface area (Å²) >= 11 is 6.09. The van der Waals surface area contributed by atoms with Gasteiger partial charge >= 0.3 is 6.18 Å². The lowest BCUT2D eigenvalue weighted by molar-refractivity contribution is -0.145. The third-order valence-electron chi connectivity index (χ3n) is 3.44. The Bertz CT molecular complexity index is 685. The number of halogens is 4. The van der Waals surface area contributed by atoms with Crippen molar-refractivity contribution in [3.8, 4) is 11.5 Å². The largest absolute Gasteiger partial charge is 0.454 e. The lowest BCUT2D eigenvalue weighted by Crippen LogP contribution is -2.17. The van der Waals surface area contributed by atoms with E-state index in [-0.39, 0.29) is 5.75 Å². The van der Waals surface area contributed by atoms with E-state index in [2.05, 4.69) is 14.9 Å². The van der Waals surface area contributed by atoms with Gasteiger partial charge in [0.1, 0.15) is 5.75 Å². The van der Waals surface area contributed by atoms with Gasteiger partial charge in [0.2, 0.25) is 5.82 Å². The van der Waals surface area contributed by atoms with Crippen molar-refractivity contribution in [3.05, 3.63) is 41.4 Å². The van der Waals surface area contributed by atoms with Gasteiger partial charge in [-0.1, -0.05) is 11.6 Å². The van der Waals surface area contributed by atoms with Crippen LogP contribution in [0.1, 0.15) is 18.7 Å². The first-order chi connectivity index (χ1) is 10.9. The molecule has 1 saturated heterocycles. The summed E-state index contributed by atoms with van der Waals surface area (Å²) in [6.45, 7) is 1.90. The van der Waals surface area contributed by atoms with Crippen molar-refractivity contribution in [1.29, 1.82) is 0 Å². The average molecular weight is 344 g/mol. The summed E-state index contributed by atoms with van der Waals surface area (Å²) in [7, 11) is 0. The summed E-state index contributed by atoms with van der Waals surface area (Å²) in [6.07, 6.45) is -0.346. The molecule has 4 nitrogen and oxygen atoms in total. The molecule has 8 heteroatoms. The first-order valence-corrected chi connectivity index (χ1v) is 7.42. The van der Waals surface area contributed by atoms with Crippen LogP contribution in [0.15, 0.2) is 30.6 Å². The van der Waals surface area contributed by atoms with Crippen LogP contribution in [0.3, 0.4) is 0 Å². The van der Waals surface area contributed by atoms with Crippen molar-refractivity contribution in [1.82, 2.24) is 9.97 Å². The fraction of sp³-hybridized carbons (Fsp3) is 0.333. The summed E-state index contributed by atoms with van der Waals surface area (Å²) in [5, 5.41) is 0.497. The van der Waals surface area contributed by atoms with E-state index in [1.165, 1.54) is 0 Å². The minimum Gasteiger partial charge on any atom is -0.454 e. The van der Waals surface area contributed by atoms with Crippen LogP contribution < -0.4 is 9.64 Å². The molecule has 0 spiro atoms. The molecular formula is C15H13ClF3N3O. The van der Waals surface area contributed by atoms with Crippen molar-refractivity contribution in [3.63, 3.8) is 0 Å². The lowest BCUT2D eigenvalue weighted by Gasteiger charge is -2.19. The van der Waals surface area contributed by atoms with E-state index >= 15 is 0 Å². The maximum Gasteiger partial charge on any atom is 0.451 e. The van der Waals surface area contributed by atoms with Crippen LogP contribution in [-0.4, -0.2) is 23.1 Å². The van der Waals surface area contributed by atoms with E-state index in [1.807, 2.05) is 6.07 Å². The van der Waals surface area contributed by atoms with Gasteiger partial charge in [0.15, 0.2) is 5.75 Å². The highest BCUT2D eigenvalue weighted by Crippen LogP contribution is 2.32. The van der Waals surface area contributed by atoms with Gasteiger partial charge in [0, 0.05) is 29.9 Å². The Labute approximate surface area is 135 Å². The van der Waals surface area contributed by atoms with Gasteiger partial charge in [-0.15, -0.1) is 0 Å². The Morgan fingerprint density at radius 1 is 1.00 bits per heavy atom. The smallest absolute Gasteiger partial charge is 0.451 e. The summed E-state index contributed by atoms with van der Waals surface area (Å²) in [5.41, 5.74) is 0.929. The number of ether oxygens (including phenoxy) is 1. The van der Waals surface area contributed by atoms with Crippen LogP contribution in [0.4, 0.5) is 18.9 Å². The molecule has 122 valence electrons. The number of benzene rings is 1. The number of anilines is 1. The maximum atomic E-state index is 12.4. The maximum absolute atomic E-state index is 12.4. The Hall–Kier alpha value is -2.02. The minimum absolute atomic E-state index is 0.118. The quantitative estimate of drug-likeness (QED) is 0.820. The van der Waals surface area contributed by atoms with Crippen molar-refractivity contribution in [2.24, 2.45) is 0 Å². The van der Waals surface area contributed by atoms with Crippen molar-refractivity contribution in [2.45, 2.75) is 19.0 Å². The molecule has 1 aliphatic rings. The van der Waals surface area contributed by atoms with Crippen LogP contribution in [-0.2, 0) is 6.18 Å². The summed E-state index contributed by atoms with van der Waals surface area (Å²) < 4.78 is 42.8. The van der Waals surface area contributed by atoms with Gasteiger partial charge in [-0.25, -0.2) is 9.97 Å². The molecule has 1 aromatic carbocycles. The number of alkyl halides is 3. The molecule has 3 rings (SSSR count). The Morgan fingerprint density at radius 2 is 1.65 bits per heavy atom.